The van der Waals surface area contributed by atoms with E-state index in [1.165, 1.54) is 11.1 Å². The number of aryl methyl sites for hydroxylation is 1. The van der Waals surface area contributed by atoms with Crippen molar-refractivity contribution >= 4 is 0 Å². The van der Waals surface area contributed by atoms with Gasteiger partial charge in [0.15, 0.2) is 0 Å². The van der Waals surface area contributed by atoms with Crippen molar-refractivity contribution in [2.75, 3.05) is 33.7 Å². The highest BCUT2D eigenvalue weighted by Gasteiger charge is 2.43. The Bertz CT molecular complexity index is 713. The molecule has 1 fully saturated rings. The molecule has 29 heavy (non-hydrogen) atoms. The number of likely N-dealkylation sites (N-methyl/N-ethyl adjacent to an activating group) is 1. The molecule has 0 saturated heterocycles. The van der Waals surface area contributed by atoms with Crippen molar-refractivity contribution < 1.29 is 10.2 Å². The van der Waals surface area contributed by atoms with Crippen molar-refractivity contribution in [1.82, 2.24) is 10.2 Å². The predicted molar refractivity (Wildman–Crippen MR) is 120 cm³/mol. The van der Waals surface area contributed by atoms with Gasteiger partial charge in [-0.25, -0.2) is 0 Å². The van der Waals surface area contributed by atoms with Gasteiger partial charge >= 0.3 is 0 Å². The van der Waals surface area contributed by atoms with Crippen molar-refractivity contribution in [3.63, 3.8) is 0 Å². The van der Waals surface area contributed by atoms with Gasteiger partial charge in [0.25, 0.3) is 0 Å². The van der Waals surface area contributed by atoms with Crippen LogP contribution in [0.25, 0.3) is 0 Å². The molecule has 1 aromatic carbocycles. The maximum absolute atomic E-state index is 10.5. The maximum Gasteiger partial charge on any atom is 0.0761 e. The first-order valence-electron chi connectivity index (χ1n) is 11.1. The highest BCUT2D eigenvalue weighted by molar-refractivity contribution is 5.24. The van der Waals surface area contributed by atoms with Gasteiger partial charge in [0.2, 0.25) is 0 Å². The molecule has 0 aromatic heterocycles. The number of aliphatic hydroxyl groups is 2. The zero-order valence-corrected chi connectivity index (χ0v) is 18.2. The second-order valence-corrected chi connectivity index (χ2v) is 9.19. The molecule has 4 nitrogen and oxygen atoms in total. The number of nitrogens with zero attached hydrogens (tertiary/aromatic N) is 1. The number of hydrogen-bond donors (Lipinski definition) is 3. The summed E-state index contributed by atoms with van der Waals surface area (Å²) in [6, 6.07) is 8.29. The normalized spacial score (nSPS) is 27.6. The molecule has 5 atom stereocenters. The molecule has 0 amide bonds. The van der Waals surface area contributed by atoms with Crippen molar-refractivity contribution in [3.05, 3.63) is 59.2 Å². The SMILES string of the molecule is Cc1cccc(C[C@@H](O)C=C[C@@H]2[C@H]3CC(CCNCCN(C)C)=C[C@H]3C[C@H]2O)c1. The van der Waals surface area contributed by atoms with E-state index in [1.54, 1.807) is 0 Å². The van der Waals surface area contributed by atoms with Gasteiger partial charge in [-0.15, -0.1) is 0 Å². The van der Waals surface area contributed by atoms with Gasteiger partial charge in [0.1, 0.15) is 0 Å². The Morgan fingerprint density at radius 3 is 2.86 bits per heavy atom. The molecule has 1 aromatic rings. The number of hydrogen-bond acceptors (Lipinski definition) is 4. The van der Waals surface area contributed by atoms with E-state index in [0.717, 1.165) is 44.5 Å². The van der Waals surface area contributed by atoms with Crippen LogP contribution in [0.5, 0.6) is 0 Å². The predicted octanol–water partition coefficient (Wildman–Crippen LogP) is 2.94. The van der Waals surface area contributed by atoms with E-state index in [0.29, 0.717) is 18.3 Å². The van der Waals surface area contributed by atoms with E-state index in [9.17, 15) is 10.2 Å². The lowest BCUT2D eigenvalue weighted by atomic mass is 9.88. The summed E-state index contributed by atoms with van der Waals surface area (Å²) in [4.78, 5) is 2.19. The van der Waals surface area contributed by atoms with Gasteiger partial charge in [-0.05, 0) is 64.2 Å². The molecule has 0 heterocycles. The first kappa shape index (κ1) is 22.2. The lowest BCUT2D eigenvalue weighted by molar-refractivity contribution is 0.140. The van der Waals surface area contributed by atoms with Crippen LogP contribution in [0.1, 0.15) is 30.4 Å². The minimum absolute atomic E-state index is 0.155. The molecule has 160 valence electrons. The zero-order chi connectivity index (χ0) is 20.8. The highest BCUT2D eigenvalue weighted by Crippen LogP contribution is 2.47. The van der Waals surface area contributed by atoms with Crippen LogP contribution in [0.3, 0.4) is 0 Å². The van der Waals surface area contributed by atoms with Crippen LogP contribution in [-0.2, 0) is 6.42 Å². The van der Waals surface area contributed by atoms with Crippen LogP contribution in [0.4, 0.5) is 0 Å². The number of rotatable bonds is 10. The fraction of sp³-hybridized carbons (Fsp3) is 0.600. The van der Waals surface area contributed by atoms with Crippen LogP contribution in [0.15, 0.2) is 48.1 Å². The largest absolute Gasteiger partial charge is 0.392 e. The third-order valence-electron chi connectivity index (χ3n) is 6.39. The summed E-state index contributed by atoms with van der Waals surface area (Å²) in [6.45, 7) is 5.19. The van der Waals surface area contributed by atoms with Crippen LogP contribution >= 0.6 is 0 Å². The van der Waals surface area contributed by atoms with E-state index < -0.39 is 6.10 Å². The molecule has 0 aliphatic heterocycles. The molecule has 3 N–H and O–H groups in total. The lowest BCUT2D eigenvalue weighted by Gasteiger charge is -2.19. The molecule has 0 radical (unpaired) electrons. The first-order valence-corrected chi connectivity index (χ1v) is 11.1. The Balaban J connectivity index is 1.47. The second kappa shape index (κ2) is 10.5. The fourth-order valence-corrected chi connectivity index (χ4v) is 4.87. The van der Waals surface area contributed by atoms with Gasteiger partial charge < -0.3 is 20.4 Å². The van der Waals surface area contributed by atoms with Gasteiger partial charge in [0, 0.05) is 25.4 Å². The second-order valence-electron chi connectivity index (χ2n) is 9.19. The number of aliphatic hydroxyl groups excluding tert-OH is 2. The maximum atomic E-state index is 10.5. The van der Waals surface area contributed by atoms with Crippen LogP contribution in [0, 0.1) is 24.7 Å². The zero-order valence-electron chi connectivity index (χ0n) is 18.2. The average Bonchev–Trinajstić information content (AvgIpc) is 3.16. The molecule has 1 saturated carbocycles. The van der Waals surface area contributed by atoms with Gasteiger partial charge in [-0.1, -0.05) is 53.6 Å². The Morgan fingerprint density at radius 2 is 2.10 bits per heavy atom. The summed E-state index contributed by atoms with van der Waals surface area (Å²) in [5.74, 6) is 1.14. The summed E-state index contributed by atoms with van der Waals surface area (Å²) < 4.78 is 0. The molecule has 3 rings (SSSR count). The lowest BCUT2D eigenvalue weighted by Crippen LogP contribution is -2.27. The monoisotopic (exact) mass is 398 g/mol. The summed E-state index contributed by atoms with van der Waals surface area (Å²) in [5.41, 5.74) is 3.90. The highest BCUT2D eigenvalue weighted by atomic mass is 16.3. The fourth-order valence-electron chi connectivity index (χ4n) is 4.87. The Hall–Kier alpha value is -1.46. The van der Waals surface area contributed by atoms with Crippen molar-refractivity contribution in [2.45, 2.75) is 44.8 Å². The van der Waals surface area contributed by atoms with E-state index in [-0.39, 0.29) is 12.0 Å². The Morgan fingerprint density at radius 1 is 1.28 bits per heavy atom. The summed E-state index contributed by atoms with van der Waals surface area (Å²) in [6.07, 6.45) is 9.27. The minimum Gasteiger partial charge on any atom is -0.392 e. The van der Waals surface area contributed by atoms with Gasteiger partial charge in [-0.2, -0.15) is 0 Å². The third kappa shape index (κ3) is 6.51. The summed E-state index contributed by atoms with van der Waals surface area (Å²) in [5, 5.41) is 24.5. The topological polar surface area (TPSA) is 55.7 Å². The molecular weight excluding hydrogens is 360 g/mol. The first-order chi connectivity index (χ1) is 13.9. The minimum atomic E-state index is -0.502. The quantitative estimate of drug-likeness (QED) is 0.419. The standard InChI is InChI=1S/C25H38N2O2/c1-18-5-4-6-19(13-18)15-22(28)7-8-23-24-16-20(14-21(24)17-25(23)29)9-10-26-11-12-27(2)3/h4-8,13-14,21-26,28-29H,9-12,15-17H2,1-3H3/t21-,22-,23+,24-,25+/m0/s1. The summed E-state index contributed by atoms with van der Waals surface area (Å²) in [7, 11) is 4.19. The van der Waals surface area contributed by atoms with E-state index in [4.69, 9.17) is 0 Å². The number of allylic oxidation sites excluding steroid dienone is 1. The van der Waals surface area contributed by atoms with E-state index in [2.05, 4.69) is 61.6 Å². The number of fused-ring (bicyclic) bond motifs is 1. The molecule has 0 bridgehead atoms. The molecule has 4 heteroatoms. The van der Waals surface area contributed by atoms with Crippen LogP contribution in [0.2, 0.25) is 0 Å². The van der Waals surface area contributed by atoms with Crippen molar-refractivity contribution in [3.8, 4) is 0 Å². The molecule has 0 unspecified atom stereocenters. The van der Waals surface area contributed by atoms with Crippen molar-refractivity contribution in [1.29, 1.82) is 0 Å². The Kier molecular flexibility index (Phi) is 8.07. The third-order valence-corrected chi connectivity index (χ3v) is 6.39. The molecule has 0 spiro atoms. The number of benzene rings is 1. The molecule has 2 aliphatic rings. The van der Waals surface area contributed by atoms with Crippen molar-refractivity contribution in [2.24, 2.45) is 17.8 Å². The molecular formula is C25H38N2O2. The van der Waals surface area contributed by atoms with Crippen LogP contribution in [-0.4, -0.2) is 61.1 Å². The molecule has 2 aliphatic carbocycles. The number of nitrogens with one attached hydrogen (secondary N) is 1. The Labute approximate surface area is 176 Å². The van der Waals surface area contributed by atoms with E-state index in [1.807, 2.05) is 12.1 Å². The van der Waals surface area contributed by atoms with Crippen LogP contribution < -0.4 is 5.32 Å². The van der Waals surface area contributed by atoms with Gasteiger partial charge in [-0.3, -0.25) is 0 Å². The van der Waals surface area contributed by atoms with E-state index >= 15 is 0 Å². The average molecular weight is 399 g/mol. The summed E-state index contributed by atoms with van der Waals surface area (Å²) >= 11 is 0. The van der Waals surface area contributed by atoms with Gasteiger partial charge in [0.05, 0.1) is 12.2 Å². The smallest absolute Gasteiger partial charge is 0.0761 e.